The maximum atomic E-state index is 12.7. The van der Waals surface area contributed by atoms with E-state index in [9.17, 15) is 9.42 Å². The molecule has 2 atom stereocenters. The van der Waals surface area contributed by atoms with Gasteiger partial charge in [0, 0.05) is 22.2 Å². The molecule has 0 spiro atoms. The Kier molecular flexibility index (Phi) is 5.51. The molecule has 0 saturated heterocycles. The topological polar surface area (TPSA) is 43.4 Å². The normalized spacial score (nSPS) is 14.8. The summed E-state index contributed by atoms with van der Waals surface area (Å²) in [7, 11) is -1.21. The maximum Gasteiger partial charge on any atom is 0.0548 e. The number of benzene rings is 2. The highest BCUT2D eigenvalue weighted by molar-refractivity contribution is 7.85. The van der Waals surface area contributed by atoms with Crippen LogP contribution in [0, 0.1) is 5.21 Å². The van der Waals surface area contributed by atoms with Crippen molar-refractivity contribution in [2.45, 2.75) is 37.2 Å². The zero-order valence-electron chi connectivity index (χ0n) is 13.2. The van der Waals surface area contributed by atoms with Crippen LogP contribution in [-0.2, 0) is 10.8 Å². The first-order valence-corrected chi connectivity index (χ1v) is 8.66. The Balaban J connectivity index is 2.28. The molecule has 0 saturated carbocycles. The molecule has 2 unspecified atom stereocenters. The van der Waals surface area contributed by atoms with E-state index in [1.165, 1.54) is 0 Å². The van der Waals surface area contributed by atoms with E-state index in [0.29, 0.717) is 0 Å². The summed E-state index contributed by atoms with van der Waals surface area (Å²) in [5.41, 5.74) is 0.359. The van der Waals surface area contributed by atoms with Crippen molar-refractivity contribution in [2.24, 2.45) is 0 Å². The number of hydroxylamine groups is 2. The summed E-state index contributed by atoms with van der Waals surface area (Å²) in [6.07, 6.45) is 0. The van der Waals surface area contributed by atoms with Gasteiger partial charge in [-0.05, 0) is 38.5 Å². The van der Waals surface area contributed by atoms with E-state index in [1.54, 1.807) is 0 Å². The van der Waals surface area contributed by atoms with E-state index in [4.69, 9.17) is 0 Å². The quantitative estimate of drug-likeness (QED) is 0.779. The monoisotopic (exact) mass is 316 g/mol. The lowest BCUT2D eigenvalue weighted by molar-refractivity contribution is 0.158. The summed E-state index contributed by atoms with van der Waals surface area (Å²) < 4.78 is 12.6. The molecule has 0 fully saturated rings. The molecule has 0 N–H and O–H groups in total. The van der Waals surface area contributed by atoms with Crippen LogP contribution in [0.15, 0.2) is 65.6 Å². The minimum Gasteiger partial charge on any atom is -0.784 e. The highest BCUT2D eigenvalue weighted by Crippen LogP contribution is 2.29. The molecular formula is C18H22NO2S-. The lowest BCUT2D eigenvalue weighted by Crippen LogP contribution is -2.41. The molecule has 0 aliphatic heterocycles. The third kappa shape index (κ3) is 4.26. The molecule has 2 aromatic rings. The van der Waals surface area contributed by atoms with E-state index in [-0.39, 0.29) is 5.75 Å². The van der Waals surface area contributed by atoms with Crippen molar-refractivity contribution in [1.29, 1.82) is 0 Å². The van der Waals surface area contributed by atoms with Crippen LogP contribution in [0.1, 0.15) is 32.4 Å². The van der Waals surface area contributed by atoms with Crippen molar-refractivity contribution >= 4 is 10.8 Å². The van der Waals surface area contributed by atoms with Gasteiger partial charge in [-0.25, -0.2) is 0 Å². The Hall–Kier alpha value is -1.49. The van der Waals surface area contributed by atoms with Gasteiger partial charge in [-0.15, -0.1) is 0 Å². The molecule has 4 heteroatoms. The fourth-order valence-electron chi connectivity index (χ4n) is 2.25. The van der Waals surface area contributed by atoms with Crippen molar-refractivity contribution in [3.63, 3.8) is 0 Å². The first-order valence-electron chi connectivity index (χ1n) is 7.34. The average molecular weight is 316 g/mol. The standard InChI is InChI=1S/C18H22NO2S/c1-18(2,3)19(20)17(15-10-6-4-7-11-15)14-22(21)16-12-8-5-9-13-16/h4-13,17H,14H2,1-3H3/q-1. The summed E-state index contributed by atoms with van der Waals surface area (Å²) in [5, 5.41) is 13.8. The molecular weight excluding hydrogens is 294 g/mol. The van der Waals surface area contributed by atoms with E-state index in [2.05, 4.69) is 0 Å². The van der Waals surface area contributed by atoms with Crippen LogP contribution in [0.3, 0.4) is 0 Å². The van der Waals surface area contributed by atoms with Gasteiger partial charge in [0.15, 0.2) is 0 Å². The van der Waals surface area contributed by atoms with Gasteiger partial charge in [0.05, 0.1) is 10.8 Å². The minimum atomic E-state index is -1.21. The van der Waals surface area contributed by atoms with E-state index < -0.39 is 22.4 Å². The van der Waals surface area contributed by atoms with Gasteiger partial charge >= 0.3 is 0 Å². The maximum absolute atomic E-state index is 12.7. The highest BCUT2D eigenvalue weighted by atomic mass is 32.2. The number of hydrogen-bond acceptors (Lipinski definition) is 3. The summed E-state index contributed by atoms with van der Waals surface area (Å²) in [5.74, 6) is 0.287. The van der Waals surface area contributed by atoms with Gasteiger partial charge in [-0.3, -0.25) is 4.21 Å². The molecule has 0 heterocycles. The van der Waals surface area contributed by atoms with Crippen LogP contribution in [0.5, 0.6) is 0 Å². The van der Waals surface area contributed by atoms with Crippen molar-refractivity contribution in [3.8, 4) is 0 Å². The predicted octanol–water partition coefficient (Wildman–Crippen LogP) is 4.13. The van der Waals surface area contributed by atoms with Crippen molar-refractivity contribution in [2.75, 3.05) is 5.75 Å². The van der Waals surface area contributed by atoms with Gasteiger partial charge in [0.25, 0.3) is 0 Å². The Morgan fingerprint density at radius 1 is 1.00 bits per heavy atom. The molecule has 0 radical (unpaired) electrons. The Bertz CT molecular complexity index is 608. The smallest absolute Gasteiger partial charge is 0.0548 e. The molecule has 118 valence electrons. The van der Waals surface area contributed by atoms with E-state index in [0.717, 1.165) is 15.5 Å². The second kappa shape index (κ2) is 7.18. The van der Waals surface area contributed by atoms with Crippen molar-refractivity contribution < 1.29 is 4.21 Å². The van der Waals surface area contributed by atoms with Gasteiger partial charge in [-0.2, -0.15) is 0 Å². The van der Waals surface area contributed by atoms with Gasteiger partial charge in [0.2, 0.25) is 0 Å². The van der Waals surface area contributed by atoms with Crippen LogP contribution in [0.25, 0.3) is 0 Å². The molecule has 0 aliphatic carbocycles. The number of hydrogen-bond donors (Lipinski definition) is 0. The molecule has 2 rings (SSSR count). The lowest BCUT2D eigenvalue weighted by Gasteiger charge is -2.47. The number of rotatable bonds is 5. The summed E-state index contributed by atoms with van der Waals surface area (Å²) >= 11 is 0. The fourth-order valence-corrected chi connectivity index (χ4v) is 3.52. The van der Waals surface area contributed by atoms with Crippen LogP contribution in [0.2, 0.25) is 0 Å². The summed E-state index contributed by atoms with van der Waals surface area (Å²) in [4.78, 5) is 0.755. The Morgan fingerprint density at radius 2 is 1.50 bits per heavy atom. The highest BCUT2D eigenvalue weighted by Gasteiger charge is 2.24. The van der Waals surface area contributed by atoms with Gasteiger partial charge < -0.3 is 10.3 Å². The van der Waals surface area contributed by atoms with E-state index >= 15 is 0 Å². The molecule has 0 aliphatic rings. The largest absolute Gasteiger partial charge is 0.784 e. The van der Waals surface area contributed by atoms with Crippen LogP contribution >= 0.6 is 0 Å². The molecule has 3 nitrogen and oxygen atoms in total. The first kappa shape index (κ1) is 16.9. The SMILES string of the molecule is CC(C)(C)N([O-])C(CS(=O)c1ccccc1)c1ccccc1. The van der Waals surface area contributed by atoms with Crippen LogP contribution < -0.4 is 0 Å². The van der Waals surface area contributed by atoms with Gasteiger partial charge in [-0.1, -0.05) is 48.5 Å². The zero-order valence-corrected chi connectivity index (χ0v) is 14.0. The Morgan fingerprint density at radius 3 is 2.00 bits per heavy atom. The van der Waals surface area contributed by atoms with Gasteiger partial charge in [0.1, 0.15) is 0 Å². The summed E-state index contributed by atoms with van der Waals surface area (Å²) in [6.45, 7) is 5.63. The second-order valence-electron chi connectivity index (χ2n) is 6.25. The predicted molar refractivity (Wildman–Crippen MR) is 91.9 cm³/mol. The molecule has 2 aromatic carbocycles. The van der Waals surface area contributed by atoms with Crippen LogP contribution in [0.4, 0.5) is 0 Å². The third-order valence-electron chi connectivity index (χ3n) is 3.44. The molecule has 0 bridgehead atoms. The van der Waals surface area contributed by atoms with Crippen molar-refractivity contribution in [3.05, 3.63) is 71.4 Å². The minimum absolute atomic E-state index is 0.287. The second-order valence-corrected chi connectivity index (χ2v) is 7.74. The third-order valence-corrected chi connectivity index (χ3v) is 4.86. The molecule has 22 heavy (non-hydrogen) atoms. The zero-order chi connectivity index (χ0) is 16.2. The lowest BCUT2D eigenvalue weighted by atomic mass is 10.0. The molecule has 0 aromatic heterocycles. The number of nitrogens with zero attached hydrogens (tertiary/aromatic N) is 1. The average Bonchev–Trinajstić information content (AvgIpc) is 2.52. The molecule has 0 amide bonds. The Labute approximate surface area is 135 Å². The van der Waals surface area contributed by atoms with Crippen molar-refractivity contribution in [1.82, 2.24) is 5.06 Å². The first-order chi connectivity index (χ1) is 10.4. The van der Waals surface area contributed by atoms with Crippen LogP contribution in [-0.4, -0.2) is 20.6 Å². The van der Waals surface area contributed by atoms with E-state index in [1.807, 2.05) is 81.4 Å². The fraction of sp³-hybridized carbons (Fsp3) is 0.333. The summed E-state index contributed by atoms with van der Waals surface area (Å²) in [6, 6.07) is 18.4.